The number of hydrazine groups is 1. The summed E-state index contributed by atoms with van der Waals surface area (Å²) in [7, 11) is 0. The summed E-state index contributed by atoms with van der Waals surface area (Å²) in [4.78, 5) is 17.7. The summed E-state index contributed by atoms with van der Waals surface area (Å²) < 4.78 is 0. The molecule has 0 aliphatic carbocycles. The standard InChI is InChI=1S/C12H18N4O/c13-15-12(17)9-16-7-2-1-5-11(16)10-4-3-6-14-8-10/h3-4,6,8,11H,1-2,5,7,9,13H2,(H,15,17)/t11-/m0/s1. The minimum Gasteiger partial charge on any atom is -0.293 e. The van der Waals surface area contributed by atoms with Crippen molar-refractivity contribution in [2.75, 3.05) is 13.1 Å². The molecule has 1 aliphatic rings. The average molecular weight is 234 g/mol. The molecule has 5 nitrogen and oxygen atoms in total. The molecule has 0 unspecified atom stereocenters. The molecule has 1 atom stereocenters. The molecule has 92 valence electrons. The van der Waals surface area contributed by atoms with Gasteiger partial charge in [-0.1, -0.05) is 12.5 Å². The van der Waals surface area contributed by atoms with Crippen LogP contribution in [0.15, 0.2) is 24.5 Å². The first-order chi connectivity index (χ1) is 8.31. The Labute approximate surface area is 101 Å². The molecule has 1 aromatic heterocycles. The minimum atomic E-state index is -0.138. The number of rotatable bonds is 3. The number of carbonyl (C=O) groups is 1. The van der Waals surface area contributed by atoms with E-state index in [9.17, 15) is 4.79 Å². The van der Waals surface area contributed by atoms with E-state index in [1.807, 2.05) is 12.3 Å². The summed E-state index contributed by atoms with van der Waals surface area (Å²) in [5.41, 5.74) is 3.37. The highest BCUT2D eigenvalue weighted by atomic mass is 16.2. The second kappa shape index (κ2) is 5.75. The number of hydrogen-bond donors (Lipinski definition) is 2. The number of carbonyl (C=O) groups excluding carboxylic acids is 1. The molecule has 0 saturated carbocycles. The van der Waals surface area contributed by atoms with Crippen molar-refractivity contribution in [2.24, 2.45) is 5.84 Å². The Kier molecular flexibility index (Phi) is 4.06. The molecule has 0 spiro atoms. The molecule has 2 rings (SSSR count). The number of hydrogen-bond acceptors (Lipinski definition) is 4. The van der Waals surface area contributed by atoms with Crippen LogP contribution in [-0.4, -0.2) is 28.9 Å². The molecule has 1 aromatic rings. The van der Waals surface area contributed by atoms with Crippen molar-refractivity contribution in [3.8, 4) is 0 Å². The Balaban J connectivity index is 2.09. The molecule has 1 amide bonds. The quantitative estimate of drug-likeness (QED) is 0.456. The third kappa shape index (κ3) is 3.01. The Morgan fingerprint density at radius 3 is 3.18 bits per heavy atom. The van der Waals surface area contributed by atoms with Crippen molar-refractivity contribution in [3.63, 3.8) is 0 Å². The number of amides is 1. The lowest BCUT2D eigenvalue weighted by Crippen LogP contribution is -2.43. The molecule has 0 radical (unpaired) electrons. The highest BCUT2D eigenvalue weighted by Gasteiger charge is 2.25. The molecule has 2 heterocycles. The summed E-state index contributed by atoms with van der Waals surface area (Å²) in [6.07, 6.45) is 7.05. The lowest BCUT2D eigenvalue weighted by molar-refractivity contribution is -0.123. The molecule has 1 aliphatic heterocycles. The van der Waals surface area contributed by atoms with E-state index in [4.69, 9.17) is 5.84 Å². The van der Waals surface area contributed by atoms with Crippen LogP contribution in [0, 0.1) is 0 Å². The number of aromatic nitrogens is 1. The molecular formula is C12H18N4O. The van der Waals surface area contributed by atoms with E-state index in [-0.39, 0.29) is 11.9 Å². The zero-order valence-electron chi connectivity index (χ0n) is 9.80. The van der Waals surface area contributed by atoms with Gasteiger partial charge in [-0.05, 0) is 31.0 Å². The van der Waals surface area contributed by atoms with Gasteiger partial charge in [0.25, 0.3) is 0 Å². The molecule has 0 bridgehead atoms. The molecular weight excluding hydrogens is 216 g/mol. The first-order valence-corrected chi connectivity index (χ1v) is 5.94. The van der Waals surface area contributed by atoms with Crippen LogP contribution < -0.4 is 11.3 Å². The van der Waals surface area contributed by atoms with Crippen LogP contribution in [0.25, 0.3) is 0 Å². The van der Waals surface area contributed by atoms with Gasteiger partial charge in [0.1, 0.15) is 0 Å². The number of likely N-dealkylation sites (tertiary alicyclic amines) is 1. The Bertz CT molecular complexity index is 368. The molecule has 17 heavy (non-hydrogen) atoms. The van der Waals surface area contributed by atoms with Gasteiger partial charge >= 0.3 is 0 Å². The van der Waals surface area contributed by atoms with Gasteiger partial charge in [-0.15, -0.1) is 0 Å². The molecule has 1 saturated heterocycles. The number of pyridine rings is 1. The van der Waals surface area contributed by atoms with Gasteiger partial charge in [-0.3, -0.25) is 20.1 Å². The largest absolute Gasteiger partial charge is 0.293 e. The fourth-order valence-electron chi connectivity index (χ4n) is 2.36. The predicted octanol–water partition coefficient (Wildman–Crippen LogP) is 0.598. The topological polar surface area (TPSA) is 71.2 Å². The monoisotopic (exact) mass is 234 g/mol. The second-order valence-electron chi connectivity index (χ2n) is 4.34. The zero-order valence-corrected chi connectivity index (χ0v) is 9.80. The molecule has 3 N–H and O–H groups in total. The maximum atomic E-state index is 11.4. The van der Waals surface area contributed by atoms with Crippen LogP contribution in [0.3, 0.4) is 0 Å². The van der Waals surface area contributed by atoms with E-state index in [2.05, 4.69) is 21.4 Å². The van der Waals surface area contributed by atoms with Crippen LogP contribution in [0.4, 0.5) is 0 Å². The zero-order chi connectivity index (χ0) is 12.1. The van der Waals surface area contributed by atoms with Gasteiger partial charge in [0.05, 0.1) is 6.54 Å². The molecule has 0 aromatic carbocycles. The minimum absolute atomic E-state index is 0.138. The van der Waals surface area contributed by atoms with E-state index < -0.39 is 0 Å². The highest BCUT2D eigenvalue weighted by Crippen LogP contribution is 2.29. The summed E-state index contributed by atoms with van der Waals surface area (Å²) in [5, 5.41) is 0. The van der Waals surface area contributed by atoms with E-state index in [0.29, 0.717) is 6.54 Å². The van der Waals surface area contributed by atoms with Gasteiger partial charge in [0, 0.05) is 18.4 Å². The van der Waals surface area contributed by atoms with Crippen LogP contribution in [-0.2, 0) is 4.79 Å². The van der Waals surface area contributed by atoms with Crippen LogP contribution in [0.5, 0.6) is 0 Å². The first kappa shape index (κ1) is 12.0. The number of piperidine rings is 1. The average Bonchev–Trinajstić information content (AvgIpc) is 2.40. The van der Waals surface area contributed by atoms with E-state index >= 15 is 0 Å². The van der Waals surface area contributed by atoms with Crippen molar-refractivity contribution in [1.29, 1.82) is 0 Å². The van der Waals surface area contributed by atoms with Crippen LogP contribution >= 0.6 is 0 Å². The highest BCUT2D eigenvalue weighted by molar-refractivity contribution is 5.77. The number of nitrogens with zero attached hydrogens (tertiary/aromatic N) is 2. The van der Waals surface area contributed by atoms with Crippen molar-refractivity contribution in [3.05, 3.63) is 30.1 Å². The summed E-state index contributed by atoms with van der Waals surface area (Å²) in [6.45, 7) is 1.29. The maximum absolute atomic E-state index is 11.4. The number of nitrogens with two attached hydrogens (primary N) is 1. The smallest absolute Gasteiger partial charge is 0.248 e. The van der Waals surface area contributed by atoms with Gasteiger partial charge < -0.3 is 0 Å². The van der Waals surface area contributed by atoms with Crippen molar-refractivity contribution >= 4 is 5.91 Å². The third-order valence-corrected chi connectivity index (χ3v) is 3.19. The van der Waals surface area contributed by atoms with E-state index in [1.54, 1.807) is 6.20 Å². The fraction of sp³-hybridized carbons (Fsp3) is 0.500. The van der Waals surface area contributed by atoms with Crippen molar-refractivity contribution in [2.45, 2.75) is 25.3 Å². The van der Waals surface area contributed by atoms with Gasteiger partial charge in [-0.2, -0.15) is 0 Å². The van der Waals surface area contributed by atoms with E-state index in [0.717, 1.165) is 19.4 Å². The Morgan fingerprint density at radius 1 is 1.59 bits per heavy atom. The van der Waals surface area contributed by atoms with Crippen LogP contribution in [0.2, 0.25) is 0 Å². The Morgan fingerprint density at radius 2 is 2.47 bits per heavy atom. The predicted molar refractivity (Wildman–Crippen MR) is 64.7 cm³/mol. The first-order valence-electron chi connectivity index (χ1n) is 5.94. The lowest BCUT2D eigenvalue weighted by atomic mass is 9.96. The van der Waals surface area contributed by atoms with E-state index in [1.165, 1.54) is 12.0 Å². The van der Waals surface area contributed by atoms with Crippen LogP contribution in [0.1, 0.15) is 30.9 Å². The normalized spacial score (nSPS) is 21.1. The SMILES string of the molecule is NNC(=O)CN1CCCC[C@H]1c1cccnc1. The summed E-state index contributed by atoms with van der Waals surface area (Å²) >= 11 is 0. The summed E-state index contributed by atoms with van der Waals surface area (Å²) in [5.74, 6) is 5.00. The van der Waals surface area contributed by atoms with Gasteiger partial charge in [0.2, 0.25) is 5.91 Å². The van der Waals surface area contributed by atoms with Crippen molar-refractivity contribution < 1.29 is 4.79 Å². The lowest BCUT2D eigenvalue weighted by Gasteiger charge is -2.35. The van der Waals surface area contributed by atoms with Crippen molar-refractivity contribution in [1.82, 2.24) is 15.3 Å². The third-order valence-electron chi connectivity index (χ3n) is 3.19. The number of nitrogens with one attached hydrogen (secondary N) is 1. The summed E-state index contributed by atoms with van der Waals surface area (Å²) in [6, 6.07) is 4.29. The van der Waals surface area contributed by atoms with Gasteiger partial charge in [0.15, 0.2) is 0 Å². The maximum Gasteiger partial charge on any atom is 0.248 e. The van der Waals surface area contributed by atoms with Gasteiger partial charge in [-0.25, -0.2) is 5.84 Å². The molecule has 5 heteroatoms. The fourth-order valence-corrected chi connectivity index (χ4v) is 2.36. The molecule has 1 fully saturated rings. The Hall–Kier alpha value is -1.46. The second-order valence-corrected chi connectivity index (χ2v) is 4.34.